The van der Waals surface area contributed by atoms with Gasteiger partial charge in [-0.05, 0) is 41.8 Å². The molecule has 146 valence electrons. The number of carbonyl (C=O) groups excluding carboxylic acids is 1. The van der Waals surface area contributed by atoms with Gasteiger partial charge >= 0.3 is 12.2 Å². The summed E-state index contributed by atoms with van der Waals surface area (Å²) in [5.74, 6) is -0.381. The van der Waals surface area contributed by atoms with Crippen LogP contribution in [-0.2, 0) is 19.1 Å². The van der Waals surface area contributed by atoms with Gasteiger partial charge in [0.2, 0.25) is 0 Å². The first-order chi connectivity index (χ1) is 12.7. The third kappa shape index (κ3) is 5.87. The minimum Gasteiger partial charge on any atom is -0.494 e. The zero-order chi connectivity index (χ0) is 20.0. The van der Waals surface area contributed by atoms with E-state index >= 15 is 0 Å². The Morgan fingerprint density at radius 3 is 2.30 bits per heavy atom. The van der Waals surface area contributed by atoms with Crippen molar-refractivity contribution >= 4 is 6.03 Å². The first kappa shape index (κ1) is 20.5. The summed E-state index contributed by atoms with van der Waals surface area (Å²) in [5.41, 5.74) is 0.582. The van der Waals surface area contributed by atoms with E-state index in [0.29, 0.717) is 17.5 Å². The van der Waals surface area contributed by atoms with Gasteiger partial charge in [0.25, 0.3) is 0 Å². The highest BCUT2D eigenvalue weighted by atomic mass is 19.4. The van der Waals surface area contributed by atoms with Gasteiger partial charge in [0.1, 0.15) is 0 Å². The third-order valence-electron chi connectivity index (χ3n) is 3.95. The second-order valence-electron chi connectivity index (χ2n) is 6.00. The van der Waals surface area contributed by atoms with Crippen LogP contribution in [0.1, 0.15) is 16.7 Å². The quantitative estimate of drug-likeness (QED) is 0.757. The molecule has 8 heteroatoms. The molecule has 27 heavy (non-hydrogen) atoms. The normalized spacial score (nSPS) is 11.2. The van der Waals surface area contributed by atoms with E-state index in [-0.39, 0.29) is 24.9 Å². The Labute approximate surface area is 154 Å². The molecule has 0 heterocycles. The smallest absolute Gasteiger partial charge is 0.416 e. The van der Waals surface area contributed by atoms with Crippen molar-refractivity contribution in [3.05, 3.63) is 65.0 Å². The van der Waals surface area contributed by atoms with Crippen LogP contribution < -0.4 is 10.1 Å². The predicted octanol–water partition coefficient (Wildman–Crippen LogP) is 4.24. The van der Waals surface area contributed by atoms with Gasteiger partial charge in [-0.15, -0.1) is 0 Å². The van der Waals surface area contributed by atoms with Crippen LogP contribution in [0.3, 0.4) is 0 Å². The summed E-state index contributed by atoms with van der Waals surface area (Å²) >= 11 is 0. The van der Waals surface area contributed by atoms with E-state index in [1.54, 1.807) is 13.1 Å². The van der Waals surface area contributed by atoms with Gasteiger partial charge in [-0.25, -0.2) is 9.18 Å². The van der Waals surface area contributed by atoms with E-state index in [9.17, 15) is 22.4 Å². The fourth-order valence-electron chi connectivity index (χ4n) is 2.46. The van der Waals surface area contributed by atoms with Gasteiger partial charge in [0.05, 0.1) is 12.7 Å². The summed E-state index contributed by atoms with van der Waals surface area (Å²) in [5, 5.41) is 2.68. The molecule has 0 saturated carbocycles. The van der Waals surface area contributed by atoms with Crippen LogP contribution in [0.2, 0.25) is 0 Å². The van der Waals surface area contributed by atoms with E-state index in [1.807, 2.05) is 0 Å². The number of ether oxygens (including phenoxy) is 1. The number of nitrogens with one attached hydrogen (secondary N) is 1. The Morgan fingerprint density at radius 1 is 1.11 bits per heavy atom. The van der Waals surface area contributed by atoms with E-state index in [2.05, 4.69) is 5.32 Å². The fourth-order valence-corrected chi connectivity index (χ4v) is 2.46. The summed E-state index contributed by atoms with van der Waals surface area (Å²) in [6, 6.07) is 8.89. The minimum atomic E-state index is -4.36. The molecule has 0 fully saturated rings. The van der Waals surface area contributed by atoms with E-state index in [1.165, 1.54) is 36.3 Å². The summed E-state index contributed by atoms with van der Waals surface area (Å²) in [7, 11) is 2.93. The SMILES string of the molecule is COc1ccc(CN(C)C(=O)NCCc2ccc(C(F)(F)F)cc2)cc1F. The van der Waals surface area contributed by atoms with Crippen LogP contribution >= 0.6 is 0 Å². The van der Waals surface area contributed by atoms with Crippen molar-refractivity contribution in [3.8, 4) is 5.75 Å². The summed E-state index contributed by atoms with van der Waals surface area (Å²) in [6.45, 7) is 0.471. The lowest BCUT2D eigenvalue weighted by atomic mass is 10.1. The topological polar surface area (TPSA) is 41.6 Å². The van der Waals surface area contributed by atoms with Gasteiger partial charge in [-0.1, -0.05) is 18.2 Å². The number of urea groups is 1. The number of hydrogen-bond donors (Lipinski definition) is 1. The zero-order valence-electron chi connectivity index (χ0n) is 14.9. The minimum absolute atomic E-state index is 0.127. The van der Waals surface area contributed by atoms with Crippen molar-refractivity contribution in [2.45, 2.75) is 19.1 Å². The zero-order valence-corrected chi connectivity index (χ0v) is 14.9. The summed E-state index contributed by atoms with van der Waals surface area (Å²) in [4.78, 5) is 13.5. The van der Waals surface area contributed by atoms with Crippen LogP contribution in [-0.4, -0.2) is 31.6 Å². The molecule has 0 spiro atoms. The molecule has 1 N–H and O–H groups in total. The molecular formula is C19H20F4N2O2. The van der Waals surface area contributed by atoms with Gasteiger partial charge in [0, 0.05) is 20.1 Å². The Bertz CT molecular complexity index is 776. The maximum Gasteiger partial charge on any atom is 0.416 e. The van der Waals surface area contributed by atoms with Crippen molar-refractivity contribution in [1.82, 2.24) is 10.2 Å². The molecular weight excluding hydrogens is 364 g/mol. The third-order valence-corrected chi connectivity index (χ3v) is 3.95. The summed E-state index contributed by atoms with van der Waals surface area (Å²) in [6.07, 6.45) is -3.97. The maximum absolute atomic E-state index is 13.7. The standard InChI is InChI=1S/C19H20F4N2O2/c1-25(12-14-5-8-17(27-2)16(20)11-14)18(26)24-10-9-13-3-6-15(7-4-13)19(21,22)23/h3-8,11H,9-10,12H2,1-2H3,(H,24,26). The summed E-state index contributed by atoms with van der Waals surface area (Å²) < 4.78 is 56.1. The highest BCUT2D eigenvalue weighted by Gasteiger charge is 2.29. The Balaban J connectivity index is 1.82. The number of methoxy groups -OCH3 is 1. The molecule has 0 aliphatic heterocycles. The molecule has 0 aliphatic rings. The highest BCUT2D eigenvalue weighted by Crippen LogP contribution is 2.29. The number of carbonyl (C=O) groups is 1. The highest BCUT2D eigenvalue weighted by molar-refractivity contribution is 5.73. The first-order valence-electron chi connectivity index (χ1n) is 8.18. The van der Waals surface area contributed by atoms with Gasteiger partial charge in [-0.2, -0.15) is 13.2 Å². The van der Waals surface area contributed by atoms with Crippen molar-refractivity contribution in [2.24, 2.45) is 0 Å². The number of nitrogens with zero attached hydrogens (tertiary/aromatic N) is 1. The fraction of sp³-hybridized carbons (Fsp3) is 0.316. The Hall–Kier alpha value is -2.77. The number of amides is 2. The van der Waals surface area contributed by atoms with E-state index in [4.69, 9.17) is 4.74 Å². The second kappa shape index (κ2) is 8.75. The number of hydrogen-bond acceptors (Lipinski definition) is 2. The van der Waals surface area contributed by atoms with Crippen molar-refractivity contribution in [2.75, 3.05) is 20.7 Å². The molecule has 2 aromatic carbocycles. The molecule has 0 radical (unpaired) electrons. The van der Waals surface area contributed by atoms with Crippen molar-refractivity contribution in [1.29, 1.82) is 0 Å². The molecule has 0 bridgehead atoms. The van der Waals surface area contributed by atoms with Crippen molar-refractivity contribution < 1.29 is 27.1 Å². The first-order valence-corrected chi connectivity index (χ1v) is 8.18. The van der Waals surface area contributed by atoms with Gasteiger partial charge < -0.3 is 15.0 Å². The van der Waals surface area contributed by atoms with Crippen LogP contribution in [0.5, 0.6) is 5.75 Å². The lowest BCUT2D eigenvalue weighted by Gasteiger charge is -2.18. The lowest BCUT2D eigenvalue weighted by molar-refractivity contribution is -0.137. The maximum atomic E-state index is 13.7. The molecule has 0 unspecified atom stereocenters. The van der Waals surface area contributed by atoms with Crippen LogP contribution in [0.4, 0.5) is 22.4 Å². The van der Waals surface area contributed by atoms with Crippen LogP contribution in [0.15, 0.2) is 42.5 Å². The molecule has 0 aromatic heterocycles. The molecule has 2 rings (SSSR count). The van der Waals surface area contributed by atoms with E-state index in [0.717, 1.165) is 12.1 Å². The number of halogens is 4. The second-order valence-corrected chi connectivity index (χ2v) is 6.00. The number of benzene rings is 2. The van der Waals surface area contributed by atoms with Crippen LogP contribution in [0.25, 0.3) is 0 Å². The average Bonchev–Trinajstić information content (AvgIpc) is 2.61. The van der Waals surface area contributed by atoms with Gasteiger partial charge in [-0.3, -0.25) is 0 Å². The molecule has 2 amide bonds. The number of rotatable bonds is 6. The monoisotopic (exact) mass is 384 g/mol. The van der Waals surface area contributed by atoms with Crippen molar-refractivity contribution in [3.63, 3.8) is 0 Å². The molecule has 2 aromatic rings. The largest absolute Gasteiger partial charge is 0.494 e. The Morgan fingerprint density at radius 2 is 1.74 bits per heavy atom. The van der Waals surface area contributed by atoms with E-state index < -0.39 is 17.6 Å². The molecule has 4 nitrogen and oxygen atoms in total. The lowest BCUT2D eigenvalue weighted by Crippen LogP contribution is -2.37. The Kier molecular flexibility index (Phi) is 6.65. The van der Waals surface area contributed by atoms with Crippen LogP contribution in [0, 0.1) is 5.82 Å². The number of alkyl halides is 3. The molecule has 0 saturated heterocycles. The predicted molar refractivity (Wildman–Crippen MR) is 93.0 cm³/mol. The molecule has 0 atom stereocenters. The van der Waals surface area contributed by atoms with Gasteiger partial charge in [0.15, 0.2) is 11.6 Å². The average molecular weight is 384 g/mol. The molecule has 0 aliphatic carbocycles.